The maximum atomic E-state index is 11.0. The Morgan fingerprint density at radius 3 is 2.75 bits per heavy atom. The van der Waals surface area contributed by atoms with Gasteiger partial charge < -0.3 is 10.6 Å². The number of aromatic hydroxyl groups is 1. The molecule has 12 heavy (non-hydrogen) atoms. The molecule has 4 heteroatoms. The number of carbonyl (C=O) groups is 1. The SMILES string of the molecule is [N-]=[N+]=CC(=O)c1ccccc1O. The van der Waals surface area contributed by atoms with Crippen LogP contribution in [0.2, 0.25) is 0 Å². The van der Waals surface area contributed by atoms with E-state index in [2.05, 4.69) is 4.79 Å². The standard InChI is InChI=1S/C8H6N2O2/c9-10-5-8(12)6-3-1-2-4-7(6)11/h1-5,11H. The number of phenolic OH excluding ortho intramolecular Hbond substituents is 1. The number of hydrogen-bond donors (Lipinski definition) is 1. The van der Waals surface area contributed by atoms with Gasteiger partial charge in [0, 0.05) is 0 Å². The van der Waals surface area contributed by atoms with Crippen LogP contribution in [0.3, 0.4) is 0 Å². The molecule has 0 bridgehead atoms. The molecule has 0 unspecified atom stereocenters. The lowest BCUT2D eigenvalue weighted by atomic mass is 10.1. The van der Waals surface area contributed by atoms with E-state index in [-0.39, 0.29) is 11.3 Å². The summed E-state index contributed by atoms with van der Waals surface area (Å²) >= 11 is 0. The molecule has 0 heterocycles. The molecule has 4 nitrogen and oxygen atoms in total. The minimum Gasteiger partial charge on any atom is -0.507 e. The van der Waals surface area contributed by atoms with Crippen molar-refractivity contribution < 1.29 is 14.7 Å². The van der Waals surface area contributed by atoms with Gasteiger partial charge in [0.15, 0.2) is 0 Å². The molecule has 60 valence electrons. The minimum absolute atomic E-state index is 0.121. The zero-order valence-corrected chi connectivity index (χ0v) is 6.14. The summed E-state index contributed by atoms with van der Waals surface area (Å²) in [7, 11) is 0. The molecule has 0 spiro atoms. The smallest absolute Gasteiger partial charge is 0.328 e. The lowest BCUT2D eigenvalue weighted by Gasteiger charge is -1.94. The van der Waals surface area contributed by atoms with Crippen LogP contribution >= 0.6 is 0 Å². The predicted molar refractivity (Wildman–Crippen MR) is 42.1 cm³/mol. The topological polar surface area (TPSA) is 73.7 Å². The Hall–Kier alpha value is -1.93. The first-order valence-corrected chi connectivity index (χ1v) is 3.25. The summed E-state index contributed by atoms with van der Waals surface area (Å²) in [4.78, 5) is 13.6. The predicted octanol–water partition coefficient (Wildman–Crippen LogP) is 0.875. The molecule has 1 aromatic rings. The molecule has 0 radical (unpaired) electrons. The Balaban J connectivity index is 3.11. The van der Waals surface area contributed by atoms with E-state index in [1.165, 1.54) is 12.1 Å². The van der Waals surface area contributed by atoms with Crippen LogP contribution in [0.4, 0.5) is 0 Å². The van der Waals surface area contributed by atoms with Crippen LogP contribution in [0.1, 0.15) is 10.4 Å². The van der Waals surface area contributed by atoms with Gasteiger partial charge in [-0.1, -0.05) is 12.1 Å². The van der Waals surface area contributed by atoms with Gasteiger partial charge in [-0.2, -0.15) is 4.79 Å². The van der Waals surface area contributed by atoms with Crippen molar-refractivity contribution in [1.82, 2.24) is 0 Å². The summed E-state index contributed by atoms with van der Waals surface area (Å²) in [6, 6.07) is 6.04. The highest BCUT2D eigenvalue weighted by Crippen LogP contribution is 2.14. The van der Waals surface area contributed by atoms with E-state index in [1.54, 1.807) is 12.1 Å². The monoisotopic (exact) mass is 162 g/mol. The maximum absolute atomic E-state index is 11.0. The first-order valence-electron chi connectivity index (χ1n) is 3.25. The third-order valence-corrected chi connectivity index (χ3v) is 1.34. The van der Waals surface area contributed by atoms with E-state index >= 15 is 0 Å². The second kappa shape index (κ2) is 3.46. The molecule has 0 aliphatic rings. The normalized spacial score (nSPS) is 8.67. The molecule has 0 saturated carbocycles. The number of rotatable bonds is 2. The Morgan fingerprint density at radius 1 is 1.50 bits per heavy atom. The van der Waals surface area contributed by atoms with Crippen LogP contribution in [-0.2, 0) is 0 Å². The minimum atomic E-state index is -0.532. The Labute approximate surface area is 68.7 Å². The first kappa shape index (κ1) is 8.17. The van der Waals surface area contributed by atoms with Crippen molar-refractivity contribution >= 4 is 12.0 Å². The Bertz CT molecular complexity index is 354. The van der Waals surface area contributed by atoms with Gasteiger partial charge in [-0.3, -0.25) is 4.79 Å². The fourth-order valence-electron chi connectivity index (χ4n) is 0.804. The van der Waals surface area contributed by atoms with E-state index in [4.69, 9.17) is 10.6 Å². The van der Waals surface area contributed by atoms with Gasteiger partial charge in [-0.25, -0.2) is 0 Å². The van der Waals surface area contributed by atoms with Crippen molar-refractivity contribution in [2.75, 3.05) is 0 Å². The molecular formula is C8H6N2O2. The zero-order chi connectivity index (χ0) is 8.97. The highest BCUT2D eigenvalue weighted by Gasteiger charge is 2.10. The Kier molecular flexibility index (Phi) is 2.35. The second-order valence-electron chi connectivity index (χ2n) is 2.13. The van der Waals surface area contributed by atoms with Crippen LogP contribution in [-0.4, -0.2) is 21.9 Å². The number of Topliss-reactive ketones (excluding diaryl/α,β-unsaturated/α-hetero) is 1. The van der Waals surface area contributed by atoms with Crippen LogP contribution in [0.15, 0.2) is 24.3 Å². The van der Waals surface area contributed by atoms with Crippen molar-refractivity contribution in [3.8, 4) is 5.75 Å². The number of hydrogen-bond acceptors (Lipinski definition) is 2. The summed E-state index contributed by atoms with van der Waals surface area (Å²) in [6.07, 6.45) is 0.731. The van der Waals surface area contributed by atoms with E-state index in [0.29, 0.717) is 0 Å². The summed E-state index contributed by atoms with van der Waals surface area (Å²) < 4.78 is 0. The molecule has 0 amide bonds. The summed E-state index contributed by atoms with van der Waals surface area (Å²) in [6.45, 7) is 0. The van der Waals surface area contributed by atoms with Gasteiger partial charge in [0.05, 0.1) is 5.56 Å². The van der Waals surface area contributed by atoms with Gasteiger partial charge in [-0.15, -0.1) is 0 Å². The Morgan fingerprint density at radius 2 is 2.17 bits per heavy atom. The van der Waals surface area contributed by atoms with E-state index in [9.17, 15) is 4.79 Å². The van der Waals surface area contributed by atoms with Crippen molar-refractivity contribution in [2.45, 2.75) is 0 Å². The molecule has 0 aliphatic carbocycles. The average molecular weight is 162 g/mol. The number of nitrogens with zero attached hydrogens (tertiary/aromatic N) is 2. The third kappa shape index (κ3) is 1.56. The van der Waals surface area contributed by atoms with E-state index < -0.39 is 5.78 Å². The molecule has 0 aliphatic heterocycles. The molecule has 0 atom stereocenters. The largest absolute Gasteiger partial charge is 0.507 e. The molecule has 1 aromatic carbocycles. The molecule has 1 rings (SSSR count). The number of ketones is 1. The molecule has 0 saturated heterocycles. The van der Waals surface area contributed by atoms with Gasteiger partial charge in [0.2, 0.25) is 0 Å². The van der Waals surface area contributed by atoms with Crippen LogP contribution in [0.5, 0.6) is 5.75 Å². The third-order valence-electron chi connectivity index (χ3n) is 1.34. The lowest BCUT2D eigenvalue weighted by Crippen LogP contribution is -2.00. The molecule has 0 aromatic heterocycles. The summed E-state index contributed by atoms with van der Waals surface area (Å²) in [5.74, 6) is -0.655. The number of benzene rings is 1. The number of carbonyl (C=O) groups excluding carboxylic acids is 1. The fourth-order valence-corrected chi connectivity index (χ4v) is 0.804. The van der Waals surface area contributed by atoms with Crippen LogP contribution in [0, 0.1) is 0 Å². The van der Waals surface area contributed by atoms with Gasteiger partial charge >= 0.3 is 6.21 Å². The molecular weight excluding hydrogens is 156 g/mol. The van der Waals surface area contributed by atoms with Crippen molar-refractivity contribution in [1.29, 1.82) is 0 Å². The number of phenols is 1. The van der Waals surface area contributed by atoms with Crippen LogP contribution < -0.4 is 0 Å². The van der Waals surface area contributed by atoms with E-state index in [0.717, 1.165) is 6.21 Å². The quantitative estimate of drug-likeness (QED) is 0.303. The zero-order valence-electron chi connectivity index (χ0n) is 6.14. The molecule has 1 N–H and O–H groups in total. The highest BCUT2D eigenvalue weighted by molar-refractivity contribution is 6.34. The van der Waals surface area contributed by atoms with E-state index in [1.807, 2.05) is 0 Å². The maximum Gasteiger partial charge on any atom is 0.328 e. The van der Waals surface area contributed by atoms with Crippen molar-refractivity contribution in [3.63, 3.8) is 0 Å². The second-order valence-corrected chi connectivity index (χ2v) is 2.13. The van der Waals surface area contributed by atoms with Crippen molar-refractivity contribution in [2.24, 2.45) is 0 Å². The number of para-hydroxylation sites is 1. The van der Waals surface area contributed by atoms with Crippen molar-refractivity contribution in [3.05, 3.63) is 35.4 Å². The lowest BCUT2D eigenvalue weighted by molar-refractivity contribution is 0.00231. The van der Waals surface area contributed by atoms with Crippen LogP contribution in [0.25, 0.3) is 5.53 Å². The van der Waals surface area contributed by atoms with Gasteiger partial charge in [-0.05, 0) is 12.1 Å². The fraction of sp³-hybridized carbons (Fsp3) is 0. The summed E-state index contributed by atoms with van der Waals surface area (Å²) in [5, 5.41) is 9.14. The first-order chi connectivity index (χ1) is 5.75. The highest BCUT2D eigenvalue weighted by atomic mass is 16.3. The average Bonchev–Trinajstić information content (AvgIpc) is 2.05. The van der Waals surface area contributed by atoms with Gasteiger partial charge in [0.25, 0.3) is 5.78 Å². The summed E-state index contributed by atoms with van der Waals surface area (Å²) in [5.41, 5.74) is 8.18. The molecule has 0 fully saturated rings. The van der Waals surface area contributed by atoms with Gasteiger partial charge in [0.1, 0.15) is 5.75 Å².